The van der Waals surface area contributed by atoms with E-state index < -0.39 is 5.54 Å². The van der Waals surface area contributed by atoms with E-state index in [1.807, 2.05) is 14.0 Å². The number of ether oxygens (including phenoxy) is 2. The van der Waals surface area contributed by atoms with Gasteiger partial charge in [0.25, 0.3) is 0 Å². The van der Waals surface area contributed by atoms with Gasteiger partial charge >= 0.3 is 5.97 Å². The van der Waals surface area contributed by atoms with Crippen LogP contribution in [0.3, 0.4) is 0 Å². The lowest BCUT2D eigenvalue weighted by atomic mass is 9.85. The van der Waals surface area contributed by atoms with Crippen LogP contribution in [0.1, 0.15) is 65.2 Å². The average molecular weight is 299 g/mol. The van der Waals surface area contributed by atoms with E-state index in [0.29, 0.717) is 12.5 Å². The second-order valence-corrected chi connectivity index (χ2v) is 5.99. The molecule has 1 aliphatic carbocycles. The van der Waals surface area contributed by atoms with Crippen molar-refractivity contribution in [1.82, 2.24) is 5.32 Å². The average Bonchev–Trinajstić information content (AvgIpc) is 2.91. The van der Waals surface area contributed by atoms with Gasteiger partial charge in [-0.25, -0.2) is 0 Å². The maximum absolute atomic E-state index is 12.3. The highest BCUT2D eigenvalue weighted by atomic mass is 16.5. The number of likely N-dealkylation sites (N-methyl/N-ethyl adjacent to an activating group) is 1. The molecule has 4 nitrogen and oxygen atoms in total. The number of carbonyl (C=O) groups is 1. The van der Waals surface area contributed by atoms with E-state index in [1.165, 1.54) is 19.3 Å². The number of rotatable bonds is 11. The molecule has 1 fully saturated rings. The molecule has 0 heterocycles. The molecular weight excluding hydrogens is 266 g/mol. The highest BCUT2D eigenvalue weighted by molar-refractivity contribution is 5.81. The van der Waals surface area contributed by atoms with Crippen LogP contribution >= 0.6 is 0 Å². The number of hydrogen-bond donors (Lipinski definition) is 1. The quantitative estimate of drug-likeness (QED) is 0.470. The van der Waals surface area contributed by atoms with E-state index in [2.05, 4.69) is 12.2 Å². The summed E-state index contributed by atoms with van der Waals surface area (Å²) in [5, 5.41) is 3.25. The van der Waals surface area contributed by atoms with Crippen LogP contribution in [0, 0.1) is 5.92 Å². The minimum atomic E-state index is -0.485. The summed E-state index contributed by atoms with van der Waals surface area (Å²) in [4.78, 5) is 12.3. The summed E-state index contributed by atoms with van der Waals surface area (Å²) in [7, 11) is 1.88. The Morgan fingerprint density at radius 1 is 1.24 bits per heavy atom. The van der Waals surface area contributed by atoms with Crippen LogP contribution in [0.2, 0.25) is 0 Å². The highest BCUT2D eigenvalue weighted by Gasteiger charge is 2.48. The number of hydrogen-bond acceptors (Lipinski definition) is 4. The third-order valence-corrected chi connectivity index (χ3v) is 4.66. The first-order chi connectivity index (χ1) is 10.2. The zero-order valence-corrected chi connectivity index (χ0v) is 14.1. The molecule has 0 aromatic heterocycles. The van der Waals surface area contributed by atoms with Crippen LogP contribution in [-0.4, -0.2) is 38.4 Å². The summed E-state index contributed by atoms with van der Waals surface area (Å²) in [6.07, 6.45) is 8.93. The third-order valence-electron chi connectivity index (χ3n) is 4.66. The Morgan fingerprint density at radius 3 is 2.71 bits per heavy atom. The first kappa shape index (κ1) is 18.4. The van der Waals surface area contributed by atoms with Gasteiger partial charge in [-0.2, -0.15) is 0 Å². The molecule has 1 saturated carbocycles. The zero-order chi connectivity index (χ0) is 15.6. The van der Waals surface area contributed by atoms with Gasteiger partial charge in [0.1, 0.15) is 5.54 Å². The third kappa shape index (κ3) is 5.26. The summed E-state index contributed by atoms with van der Waals surface area (Å²) in [5.74, 6) is 0.245. The molecule has 0 spiro atoms. The van der Waals surface area contributed by atoms with E-state index in [9.17, 15) is 4.79 Å². The Hall–Kier alpha value is -0.610. The van der Waals surface area contributed by atoms with E-state index in [4.69, 9.17) is 9.47 Å². The van der Waals surface area contributed by atoms with Gasteiger partial charge in [-0.15, -0.1) is 0 Å². The maximum Gasteiger partial charge on any atom is 0.326 e. The normalized spacial score (nSPS) is 25.2. The van der Waals surface area contributed by atoms with Gasteiger partial charge in [-0.1, -0.05) is 32.6 Å². The first-order valence-electron chi connectivity index (χ1n) is 8.65. The SMILES string of the molecule is CCCCCCOCCC1CCCC1(NC)C(=O)OCC. The molecular formula is C17H33NO3. The molecule has 124 valence electrons. The topological polar surface area (TPSA) is 47.6 Å². The summed E-state index contributed by atoms with van der Waals surface area (Å²) < 4.78 is 11.0. The standard InChI is InChI=1S/C17H33NO3/c1-4-6-7-8-13-20-14-11-15-10-9-12-17(15,18-3)16(19)21-5-2/h15,18H,4-14H2,1-3H3. The molecule has 0 bridgehead atoms. The van der Waals surface area contributed by atoms with Gasteiger partial charge in [0.05, 0.1) is 6.61 Å². The molecule has 0 aromatic carbocycles. The second-order valence-electron chi connectivity index (χ2n) is 5.99. The lowest BCUT2D eigenvalue weighted by Gasteiger charge is -2.32. The van der Waals surface area contributed by atoms with Crippen molar-refractivity contribution >= 4 is 5.97 Å². The molecule has 0 aliphatic heterocycles. The smallest absolute Gasteiger partial charge is 0.326 e. The first-order valence-corrected chi connectivity index (χ1v) is 8.65. The van der Waals surface area contributed by atoms with Crippen LogP contribution in [0.15, 0.2) is 0 Å². The predicted molar refractivity (Wildman–Crippen MR) is 85.3 cm³/mol. The highest BCUT2D eigenvalue weighted by Crippen LogP contribution is 2.38. The van der Waals surface area contributed by atoms with Crippen molar-refractivity contribution in [3.8, 4) is 0 Å². The van der Waals surface area contributed by atoms with Crippen LogP contribution in [-0.2, 0) is 14.3 Å². The fourth-order valence-electron chi connectivity index (χ4n) is 3.39. The van der Waals surface area contributed by atoms with Gasteiger partial charge in [0.2, 0.25) is 0 Å². The van der Waals surface area contributed by atoms with E-state index in [-0.39, 0.29) is 5.97 Å². The molecule has 0 amide bonds. The van der Waals surface area contributed by atoms with Crippen LogP contribution in [0.4, 0.5) is 0 Å². The minimum absolute atomic E-state index is 0.0852. The zero-order valence-electron chi connectivity index (χ0n) is 14.1. The molecule has 1 rings (SSSR count). The molecule has 21 heavy (non-hydrogen) atoms. The van der Waals surface area contributed by atoms with Gasteiger partial charge in [-0.05, 0) is 45.6 Å². The van der Waals surface area contributed by atoms with Crippen molar-refractivity contribution < 1.29 is 14.3 Å². The monoisotopic (exact) mass is 299 g/mol. The van der Waals surface area contributed by atoms with Gasteiger partial charge in [0.15, 0.2) is 0 Å². The van der Waals surface area contributed by atoms with Crippen LogP contribution < -0.4 is 5.32 Å². The van der Waals surface area contributed by atoms with Crippen molar-refractivity contribution in [2.75, 3.05) is 26.9 Å². The molecule has 2 atom stereocenters. The van der Waals surface area contributed by atoms with Gasteiger partial charge < -0.3 is 14.8 Å². The van der Waals surface area contributed by atoms with E-state index in [0.717, 1.165) is 45.3 Å². The molecule has 0 saturated heterocycles. The van der Waals surface area contributed by atoms with Crippen molar-refractivity contribution in [2.24, 2.45) is 5.92 Å². The predicted octanol–water partition coefficient (Wildman–Crippen LogP) is 3.29. The lowest BCUT2D eigenvalue weighted by molar-refractivity contribution is -0.153. The van der Waals surface area contributed by atoms with Crippen molar-refractivity contribution in [2.45, 2.75) is 70.8 Å². The number of esters is 1. The fraction of sp³-hybridized carbons (Fsp3) is 0.941. The number of unbranched alkanes of at least 4 members (excludes halogenated alkanes) is 3. The fourth-order valence-corrected chi connectivity index (χ4v) is 3.39. The van der Waals surface area contributed by atoms with E-state index in [1.54, 1.807) is 0 Å². The summed E-state index contributed by atoms with van der Waals surface area (Å²) >= 11 is 0. The molecule has 0 radical (unpaired) electrons. The Morgan fingerprint density at radius 2 is 2.05 bits per heavy atom. The Labute approximate surface area is 130 Å². The number of carbonyl (C=O) groups excluding carboxylic acids is 1. The largest absolute Gasteiger partial charge is 0.465 e. The molecule has 4 heteroatoms. The van der Waals surface area contributed by atoms with Gasteiger partial charge in [0, 0.05) is 13.2 Å². The Kier molecular flexibility index (Phi) is 8.93. The van der Waals surface area contributed by atoms with Crippen molar-refractivity contribution in [1.29, 1.82) is 0 Å². The van der Waals surface area contributed by atoms with Crippen LogP contribution in [0.5, 0.6) is 0 Å². The van der Waals surface area contributed by atoms with E-state index >= 15 is 0 Å². The van der Waals surface area contributed by atoms with Crippen LogP contribution in [0.25, 0.3) is 0 Å². The van der Waals surface area contributed by atoms with Gasteiger partial charge in [-0.3, -0.25) is 4.79 Å². The summed E-state index contributed by atoms with van der Waals surface area (Å²) in [5.41, 5.74) is -0.485. The number of nitrogens with one attached hydrogen (secondary N) is 1. The summed E-state index contributed by atoms with van der Waals surface area (Å²) in [6.45, 7) is 6.12. The lowest BCUT2D eigenvalue weighted by Crippen LogP contribution is -2.54. The van der Waals surface area contributed by atoms with Crippen molar-refractivity contribution in [3.05, 3.63) is 0 Å². The molecule has 1 aliphatic rings. The van der Waals surface area contributed by atoms with Crippen molar-refractivity contribution in [3.63, 3.8) is 0 Å². The molecule has 1 N–H and O–H groups in total. The second kappa shape index (κ2) is 10.2. The molecule has 2 unspecified atom stereocenters. The Bertz CT molecular complexity index is 296. The summed E-state index contributed by atoms with van der Waals surface area (Å²) in [6, 6.07) is 0. The Balaban J connectivity index is 2.33. The molecule has 0 aromatic rings. The minimum Gasteiger partial charge on any atom is -0.465 e. The maximum atomic E-state index is 12.3.